The van der Waals surface area contributed by atoms with Crippen molar-refractivity contribution in [3.63, 3.8) is 0 Å². The van der Waals surface area contributed by atoms with Crippen LogP contribution in [0.1, 0.15) is 30.1 Å². The van der Waals surface area contributed by atoms with Crippen LogP contribution in [0.5, 0.6) is 0 Å². The number of benzene rings is 1. The standard InChI is InChI=1S/C13H17ClO2/c1-15-9-10-3-2-4-11(7-10)13-8-12(14)5-6-16-13/h2-4,7,12-13H,5-6,8-9H2,1H3. The van der Waals surface area contributed by atoms with Crippen molar-refractivity contribution in [2.24, 2.45) is 0 Å². The molecule has 0 aliphatic carbocycles. The van der Waals surface area contributed by atoms with Crippen molar-refractivity contribution in [3.05, 3.63) is 35.4 Å². The van der Waals surface area contributed by atoms with E-state index in [0.717, 1.165) is 19.4 Å². The van der Waals surface area contributed by atoms with Gasteiger partial charge in [-0.3, -0.25) is 0 Å². The lowest BCUT2D eigenvalue weighted by Gasteiger charge is -2.26. The van der Waals surface area contributed by atoms with E-state index < -0.39 is 0 Å². The van der Waals surface area contributed by atoms with Crippen molar-refractivity contribution in [3.8, 4) is 0 Å². The first-order valence-electron chi connectivity index (χ1n) is 5.63. The van der Waals surface area contributed by atoms with Crippen molar-refractivity contribution in [2.75, 3.05) is 13.7 Å². The van der Waals surface area contributed by atoms with Crippen molar-refractivity contribution < 1.29 is 9.47 Å². The fraction of sp³-hybridized carbons (Fsp3) is 0.538. The summed E-state index contributed by atoms with van der Waals surface area (Å²) in [4.78, 5) is 0. The Bertz CT molecular complexity index is 340. The predicted molar refractivity (Wildman–Crippen MR) is 64.7 cm³/mol. The zero-order valence-electron chi connectivity index (χ0n) is 9.49. The predicted octanol–water partition coefficient (Wildman–Crippen LogP) is 3.29. The van der Waals surface area contributed by atoms with Crippen LogP contribution in [0.4, 0.5) is 0 Å². The van der Waals surface area contributed by atoms with Crippen LogP contribution in [0.3, 0.4) is 0 Å². The van der Waals surface area contributed by atoms with E-state index in [9.17, 15) is 0 Å². The number of alkyl halides is 1. The van der Waals surface area contributed by atoms with Gasteiger partial charge in [0.2, 0.25) is 0 Å². The van der Waals surface area contributed by atoms with Crippen molar-refractivity contribution in [2.45, 2.75) is 30.9 Å². The Morgan fingerprint density at radius 3 is 3.12 bits per heavy atom. The zero-order chi connectivity index (χ0) is 11.4. The smallest absolute Gasteiger partial charge is 0.0839 e. The van der Waals surface area contributed by atoms with Gasteiger partial charge in [0.1, 0.15) is 0 Å². The monoisotopic (exact) mass is 240 g/mol. The van der Waals surface area contributed by atoms with Gasteiger partial charge < -0.3 is 9.47 Å². The Hall–Kier alpha value is -0.570. The van der Waals surface area contributed by atoms with E-state index in [1.54, 1.807) is 7.11 Å². The quantitative estimate of drug-likeness (QED) is 0.755. The number of hydrogen-bond donors (Lipinski definition) is 0. The maximum Gasteiger partial charge on any atom is 0.0839 e. The molecule has 0 aromatic heterocycles. The Labute approximate surface area is 102 Å². The molecule has 1 aliphatic rings. The van der Waals surface area contributed by atoms with Crippen LogP contribution in [0.2, 0.25) is 0 Å². The number of hydrogen-bond acceptors (Lipinski definition) is 2. The highest BCUT2D eigenvalue weighted by Gasteiger charge is 2.22. The van der Waals surface area contributed by atoms with Gasteiger partial charge in [-0.15, -0.1) is 11.6 Å². The van der Waals surface area contributed by atoms with Gasteiger partial charge in [-0.2, -0.15) is 0 Å². The first-order chi connectivity index (χ1) is 7.79. The molecule has 0 amide bonds. The molecular formula is C13H17ClO2. The average molecular weight is 241 g/mol. The molecule has 2 unspecified atom stereocenters. The third kappa shape index (κ3) is 2.97. The van der Waals surface area contributed by atoms with Crippen LogP contribution in [0, 0.1) is 0 Å². The molecule has 1 heterocycles. The molecule has 0 saturated carbocycles. The Balaban J connectivity index is 2.09. The van der Waals surface area contributed by atoms with Gasteiger partial charge in [0.25, 0.3) is 0 Å². The Morgan fingerprint density at radius 1 is 1.50 bits per heavy atom. The minimum atomic E-state index is 0.146. The minimum absolute atomic E-state index is 0.146. The summed E-state index contributed by atoms with van der Waals surface area (Å²) in [6.45, 7) is 1.40. The third-order valence-corrected chi connectivity index (χ3v) is 3.25. The molecule has 0 radical (unpaired) electrons. The lowest BCUT2D eigenvalue weighted by molar-refractivity contribution is 0.0167. The molecule has 1 fully saturated rings. The number of methoxy groups -OCH3 is 1. The molecule has 0 N–H and O–H groups in total. The molecule has 1 aromatic rings. The SMILES string of the molecule is COCc1cccc(C2CC(Cl)CCO2)c1. The molecule has 3 heteroatoms. The van der Waals surface area contributed by atoms with Crippen LogP contribution >= 0.6 is 11.6 Å². The summed E-state index contributed by atoms with van der Waals surface area (Å²) >= 11 is 6.16. The van der Waals surface area contributed by atoms with E-state index in [2.05, 4.69) is 18.2 Å². The molecule has 0 bridgehead atoms. The zero-order valence-corrected chi connectivity index (χ0v) is 10.2. The van der Waals surface area contributed by atoms with Crippen LogP contribution in [-0.2, 0) is 16.1 Å². The summed E-state index contributed by atoms with van der Waals surface area (Å²) < 4.78 is 10.9. The average Bonchev–Trinajstić information content (AvgIpc) is 2.30. The molecule has 1 aliphatic heterocycles. The molecular weight excluding hydrogens is 224 g/mol. The van der Waals surface area contributed by atoms with E-state index in [-0.39, 0.29) is 11.5 Å². The highest BCUT2D eigenvalue weighted by molar-refractivity contribution is 6.20. The van der Waals surface area contributed by atoms with Gasteiger partial charge in [0.05, 0.1) is 12.7 Å². The van der Waals surface area contributed by atoms with Gasteiger partial charge in [0, 0.05) is 19.1 Å². The molecule has 88 valence electrons. The van der Waals surface area contributed by atoms with Gasteiger partial charge in [-0.05, 0) is 24.0 Å². The largest absolute Gasteiger partial charge is 0.380 e. The normalized spacial score (nSPS) is 25.6. The van der Waals surface area contributed by atoms with Gasteiger partial charge in [0.15, 0.2) is 0 Å². The summed E-state index contributed by atoms with van der Waals surface area (Å²) in [5.41, 5.74) is 2.39. The van der Waals surface area contributed by atoms with E-state index in [1.807, 2.05) is 6.07 Å². The second-order valence-corrected chi connectivity index (χ2v) is 4.78. The highest BCUT2D eigenvalue weighted by Crippen LogP contribution is 2.30. The first-order valence-corrected chi connectivity index (χ1v) is 6.06. The van der Waals surface area contributed by atoms with Gasteiger partial charge >= 0.3 is 0 Å². The third-order valence-electron chi connectivity index (χ3n) is 2.85. The Kier molecular flexibility index (Phi) is 4.22. The summed E-state index contributed by atoms with van der Waals surface area (Å²) in [6.07, 6.45) is 2.00. The van der Waals surface area contributed by atoms with Crippen molar-refractivity contribution in [1.29, 1.82) is 0 Å². The second-order valence-electron chi connectivity index (χ2n) is 4.16. The van der Waals surface area contributed by atoms with E-state index in [0.29, 0.717) is 6.61 Å². The number of ether oxygens (including phenoxy) is 2. The second kappa shape index (κ2) is 5.67. The summed E-state index contributed by atoms with van der Waals surface area (Å²) in [7, 11) is 1.71. The van der Waals surface area contributed by atoms with Crippen molar-refractivity contribution in [1.82, 2.24) is 0 Å². The van der Waals surface area contributed by atoms with E-state index >= 15 is 0 Å². The minimum Gasteiger partial charge on any atom is -0.380 e. The number of rotatable bonds is 3. The number of halogens is 1. The lowest BCUT2D eigenvalue weighted by atomic mass is 9.99. The molecule has 1 aromatic carbocycles. The highest BCUT2D eigenvalue weighted by atomic mass is 35.5. The van der Waals surface area contributed by atoms with Gasteiger partial charge in [-0.25, -0.2) is 0 Å². The first kappa shape index (κ1) is 11.9. The summed E-state index contributed by atoms with van der Waals surface area (Å²) in [5, 5.41) is 0.241. The van der Waals surface area contributed by atoms with E-state index in [1.165, 1.54) is 11.1 Å². The van der Waals surface area contributed by atoms with Gasteiger partial charge in [-0.1, -0.05) is 24.3 Å². The topological polar surface area (TPSA) is 18.5 Å². The van der Waals surface area contributed by atoms with Crippen LogP contribution in [-0.4, -0.2) is 19.1 Å². The fourth-order valence-electron chi connectivity index (χ4n) is 2.04. The maximum absolute atomic E-state index is 6.16. The van der Waals surface area contributed by atoms with Crippen molar-refractivity contribution >= 4 is 11.6 Å². The summed E-state index contributed by atoms with van der Waals surface area (Å²) in [5.74, 6) is 0. The summed E-state index contributed by atoms with van der Waals surface area (Å²) in [6, 6.07) is 8.35. The molecule has 2 atom stereocenters. The van der Waals surface area contributed by atoms with Crippen LogP contribution in [0.25, 0.3) is 0 Å². The van der Waals surface area contributed by atoms with Crippen LogP contribution in [0.15, 0.2) is 24.3 Å². The molecule has 1 saturated heterocycles. The lowest BCUT2D eigenvalue weighted by Crippen LogP contribution is -2.19. The molecule has 16 heavy (non-hydrogen) atoms. The molecule has 0 spiro atoms. The Morgan fingerprint density at radius 2 is 2.38 bits per heavy atom. The molecule has 2 nitrogen and oxygen atoms in total. The molecule has 2 rings (SSSR count). The fourth-order valence-corrected chi connectivity index (χ4v) is 2.29. The maximum atomic E-state index is 6.16. The van der Waals surface area contributed by atoms with Crippen LogP contribution < -0.4 is 0 Å². The van der Waals surface area contributed by atoms with E-state index in [4.69, 9.17) is 21.1 Å².